The molecule has 0 saturated carbocycles. The van der Waals surface area contributed by atoms with Gasteiger partial charge in [0.25, 0.3) is 0 Å². The molecule has 536 valence electrons. The third-order valence-electron chi connectivity index (χ3n) is 17.6. The van der Waals surface area contributed by atoms with Gasteiger partial charge >= 0.3 is 19.8 Å². The molecule has 2 amide bonds. The van der Waals surface area contributed by atoms with Crippen molar-refractivity contribution < 1.29 is 97.5 Å². The van der Waals surface area contributed by atoms with E-state index in [1.165, 1.54) is 70.6 Å². The predicted octanol–water partition coefficient (Wildman–Crippen LogP) is 10.8. The van der Waals surface area contributed by atoms with Crippen molar-refractivity contribution in [3.8, 4) is 0 Å². The van der Waals surface area contributed by atoms with Crippen molar-refractivity contribution in [1.29, 1.82) is 0 Å². The van der Waals surface area contributed by atoms with Gasteiger partial charge in [0.15, 0.2) is 24.8 Å². The summed E-state index contributed by atoms with van der Waals surface area (Å²) in [6.07, 6.45) is 17.3. The largest absolute Gasteiger partial charge is 0.472 e. The number of carbonyl (C=O) groups excluding carboxylic acids is 4. The molecule has 14 atom stereocenters. The zero-order valence-corrected chi connectivity index (χ0v) is 57.5. The number of ether oxygens (including phenoxy) is 5. The van der Waals surface area contributed by atoms with Crippen LogP contribution in [0.3, 0.4) is 0 Å². The first-order valence-electron chi connectivity index (χ1n) is 36.1. The number of hydrogen-bond donors (Lipinski definition) is 11. The second kappa shape index (κ2) is 52.7. The number of phosphoric acid groups is 1. The highest BCUT2D eigenvalue weighted by molar-refractivity contribution is 7.46. The number of amides is 2. The number of phosphoric ester groups is 1. The van der Waals surface area contributed by atoms with Crippen LogP contribution in [0.2, 0.25) is 0 Å². The number of carbonyl (C=O) groups is 4. The van der Waals surface area contributed by atoms with E-state index >= 15 is 0 Å². The Hall–Kier alpha value is -2.41. The van der Waals surface area contributed by atoms with Crippen molar-refractivity contribution in [2.75, 3.05) is 13.2 Å². The standard InChI is InChI=1S/C68H129N2O20P/c1-5-9-13-17-21-25-29-33-37-41-51(72)45-57(76)69-61-65(88-59(78)47-53(74)43-39-35-31-27-23-19-15-11-7-3)63(80)55(49-71)86-67(61)85-50-56-64(81)66(89-60(79)48-54(75)44-40-36-32-28-24-20-16-12-8-4)62(68(87-56)90-91(82,83)84)70-58(77)46-52(73)42-38-34-30-26-22-18-14-10-6-2/h51-56,61-68,71-75,80-81H,5-50H2,1-4H3,(H,69,76)(H,70,77)(H2,82,83,84)/t51?,52?,53?,54?,55?,56?,61?,62?,63-,64-,65-,66-,67-,68?/m1/s1. The number of nitrogens with one attached hydrogen (secondary N) is 2. The van der Waals surface area contributed by atoms with Crippen molar-refractivity contribution in [3.05, 3.63) is 0 Å². The summed E-state index contributed by atoms with van der Waals surface area (Å²) in [7, 11) is -5.54. The molecule has 2 saturated heterocycles. The van der Waals surface area contributed by atoms with E-state index in [-0.39, 0.29) is 12.8 Å². The van der Waals surface area contributed by atoms with E-state index in [4.69, 9.17) is 28.2 Å². The molecule has 0 spiro atoms. The van der Waals surface area contributed by atoms with Crippen LogP contribution in [0.15, 0.2) is 0 Å². The number of esters is 2. The van der Waals surface area contributed by atoms with Crippen LogP contribution in [-0.2, 0) is 52.0 Å². The molecule has 0 radical (unpaired) electrons. The van der Waals surface area contributed by atoms with Gasteiger partial charge in [-0.25, -0.2) is 4.57 Å². The molecule has 2 aliphatic heterocycles. The molecule has 22 nitrogen and oxygen atoms in total. The van der Waals surface area contributed by atoms with Crippen LogP contribution >= 0.6 is 7.82 Å². The van der Waals surface area contributed by atoms with Crippen molar-refractivity contribution >= 4 is 31.6 Å². The van der Waals surface area contributed by atoms with Gasteiger partial charge in [-0.05, 0) is 25.7 Å². The van der Waals surface area contributed by atoms with Gasteiger partial charge in [-0.3, -0.25) is 23.7 Å². The molecule has 9 unspecified atom stereocenters. The third kappa shape index (κ3) is 40.7. The number of rotatable bonds is 58. The fourth-order valence-electron chi connectivity index (χ4n) is 12.1. The summed E-state index contributed by atoms with van der Waals surface area (Å²) in [6, 6.07) is -3.44. The zero-order valence-electron chi connectivity index (χ0n) is 56.6. The van der Waals surface area contributed by atoms with E-state index < -0.39 is 156 Å². The maximum atomic E-state index is 13.9. The van der Waals surface area contributed by atoms with E-state index in [1.54, 1.807) is 0 Å². The summed E-state index contributed by atoms with van der Waals surface area (Å²) in [5.41, 5.74) is 0. The Bertz CT molecular complexity index is 1890. The fraction of sp³-hybridized carbons (Fsp3) is 0.941. The molecule has 2 aliphatic rings. The first-order chi connectivity index (χ1) is 43.8. The van der Waals surface area contributed by atoms with E-state index in [0.717, 1.165) is 135 Å². The lowest BCUT2D eigenvalue weighted by atomic mass is 9.95. The molecule has 23 heteroatoms. The Kier molecular flexibility index (Phi) is 49.1. The molecule has 0 aromatic heterocycles. The minimum absolute atomic E-state index is 0.246. The first kappa shape index (κ1) is 84.7. The average molecular weight is 1330 g/mol. The summed E-state index contributed by atoms with van der Waals surface area (Å²) in [6.45, 7) is 6.95. The highest BCUT2D eigenvalue weighted by Crippen LogP contribution is 2.41. The van der Waals surface area contributed by atoms with Crippen LogP contribution in [0.1, 0.15) is 310 Å². The first-order valence-corrected chi connectivity index (χ1v) is 37.6. The Morgan fingerprint density at radius 3 is 1.00 bits per heavy atom. The van der Waals surface area contributed by atoms with Crippen LogP contribution in [-0.4, -0.2) is 168 Å². The molecule has 11 N–H and O–H groups in total. The second-order valence-corrected chi connectivity index (χ2v) is 27.4. The van der Waals surface area contributed by atoms with Crippen molar-refractivity contribution in [2.24, 2.45) is 0 Å². The molecule has 0 bridgehead atoms. The minimum atomic E-state index is -5.54. The molecular formula is C68H129N2O20P. The third-order valence-corrected chi connectivity index (χ3v) is 18.1. The lowest BCUT2D eigenvalue weighted by Gasteiger charge is -2.46. The van der Waals surface area contributed by atoms with Gasteiger partial charge in [0.1, 0.15) is 36.5 Å². The lowest BCUT2D eigenvalue weighted by molar-refractivity contribution is -0.298. The summed E-state index contributed by atoms with van der Waals surface area (Å²) >= 11 is 0. The minimum Gasteiger partial charge on any atom is -0.457 e. The van der Waals surface area contributed by atoms with Gasteiger partial charge in [0.2, 0.25) is 11.8 Å². The van der Waals surface area contributed by atoms with Crippen molar-refractivity contribution in [3.63, 3.8) is 0 Å². The van der Waals surface area contributed by atoms with Crippen LogP contribution in [0.5, 0.6) is 0 Å². The summed E-state index contributed by atoms with van der Waals surface area (Å²) in [5, 5.41) is 83.4. The summed E-state index contributed by atoms with van der Waals surface area (Å²) in [4.78, 5) is 75.5. The van der Waals surface area contributed by atoms with Crippen molar-refractivity contribution in [2.45, 2.75) is 396 Å². The normalized spacial score (nSPS) is 23.3. The Balaban J connectivity index is 2.43. The average Bonchev–Trinajstić information content (AvgIpc) is 0.942. The van der Waals surface area contributed by atoms with Crippen LogP contribution < -0.4 is 10.6 Å². The highest BCUT2D eigenvalue weighted by Gasteiger charge is 2.53. The predicted molar refractivity (Wildman–Crippen MR) is 349 cm³/mol. The SMILES string of the molecule is CCCCCCCCCCCC(O)CC(=O)NC1C(OP(=O)(O)O)OC(CO[C@@H]2OC(CO)[C@@H](O)[C@H](OC(=O)CC(O)CCCCCCCCCCC)C2NC(=O)CC(O)CCCCCCCCCCC)[C@@H](O)[C@@H]1OC(=O)CC(O)CCCCCCCCCCC. The Labute approximate surface area is 546 Å². The summed E-state index contributed by atoms with van der Waals surface area (Å²) in [5.74, 6) is -3.62. The fourth-order valence-corrected chi connectivity index (χ4v) is 12.6. The molecule has 91 heavy (non-hydrogen) atoms. The number of aliphatic hydroxyl groups excluding tert-OH is 7. The molecule has 0 aromatic rings. The molecule has 0 aliphatic carbocycles. The van der Waals surface area contributed by atoms with E-state index in [9.17, 15) is 69.3 Å². The number of hydrogen-bond acceptors (Lipinski definition) is 18. The zero-order chi connectivity index (χ0) is 67.1. The van der Waals surface area contributed by atoms with Gasteiger partial charge in [-0.1, -0.05) is 259 Å². The van der Waals surface area contributed by atoms with Crippen LogP contribution in [0, 0.1) is 0 Å². The quantitative estimate of drug-likeness (QED) is 0.0153. The molecule has 2 fully saturated rings. The van der Waals surface area contributed by atoms with E-state index in [1.807, 2.05) is 0 Å². The maximum Gasteiger partial charge on any atom is 0.472 e. The molecule has 0 aromatic carbocycles. The van der Waals surface area contributed by atoms with E-state index in [2.05, 4.69) is 38.3 Å². The monoisotopic (exact) mass is 1320 g/mol. The maximum absolute atomic E-state index is 13.9. The Morgan fingerprint density at radius 1 is 0.418 bits per heavy atom. The number of aliphatic hydroxyl groups is 7. The summed E-state index contributed by atoms with van der Waals surface area (Å²) < 4.78 is 47.5. The van der Waals surface area contributed by atoms with Gasteiger partial charge in [-0.2, -0.15) is 0 Å². The van der Waals surface area contributed by atoms with Crippen LogP contribution in [0.25, 0.3) is 0 Å². The van der Waals surface area contributed by atoms with Gasteiger partial charge in [-0.15, -0.1) is 0 Å². The van der Waals surface area contributed by atoms with Crippen molar-refractivity contribution in [1.82, 2.24) is 10.6 Å². The van der Waals surface area contributed by atoms with Gasteiger partial charge in [0, 0.05) is 0 Å². The van der Waals surface area contributed by atoms with E-state index in [0.29, 0.717) is 38.5 Å². The smallest absolute Gasteiger partial charge is 0.457 e. The Morgan fingerprint density at radius 2 is 0.692 bits per heavy atom. The highest BCUT2D eigenvalue weighted by atomic mass is 31.2. The number of unbranched alkanes of at least 4 members (excludes halogenated alkanes) is 32. The molecular weight excluding hydrogens is 1200 g/mol. The topological polar surface area (TPSA) is 347 Å². The van der Waals surface area contributed by atoms with Gasteiger partial charge in [0.05, 0.1) is 63.3 Å². The lowest BCUT2D eigenvalue weighted by Crippen LogP contribution is -2.67. The van der Waals surface area contributed by atoms with Gasteiger partial charge < -0.3 is 79.9 Å². The molecule has 2 rings (SSSR count). The second-order valence-electron chi connectivity index (χ2n) is 26.2. The van der Waals surface area contributed by atoms with Crippen LogP contribution in [0.4, 0.5) is 0 Å². The molecule has 2 heterocycles.